The maximum Gasteiger partial charge on any atom is 0.409 e. The van der Waals surface area contributed by atoms with Crippen LogP contribution in [0.3, 0.4) is 0 Å². The van der Waals surface area contributed by atoms with Gasteiger partial charge in [0.15, 0.2) is 18.3 Å². The van der Waals surface area contributed by atoms with Gasteiger partial charge >= 0.3 is 6.09 Å². The van der Waals surface area contributed by atoms with E-state index >= 15 is 0 Å². The monoisotopic (exact) mass is 464 g/mol. The van der Waals surface area contributed by atoms with Crippen LogP contribution < -0.4 is 4.74 Å². The molecule has 0 atom stereocenters. The molecule has 0 bridgehead atoms. The van der Waals surface area contributed by atoms with Crippen LogP contribution >= 0.6 is 0 Å². The molecule has 1 amide bonds. The van der Waals surface area contributed by atoms with Crippen molar-refractivity contribution in [3.63, 3.8) is 0 Å². The van der Waals surface area contributed by atoms with Gasteiger partial charge in [0, 0.05) is 30.5 Å². The Bertz CT molecular complexity index is 1130. The zero-order valence-electron chi connectivity index (χ0n) is 19.4. The molecule has 4 rings (SSSR count). The van der Waals surface area contributed by atoms with E-state index in [0.29, 0.717) is 49.3 Å². The van der Waals surface area contributed by atoms with Gasteiger partial charge in [0.25, 0.3) is 0 Å². The summed E-state index contributed by atoms with van der Waals surface area (Å²) in [6.07, 6.45) is 5.25. The topological polar surface area (TPSA) is 121 Å². The van der Waals surface area contributed by atoms with Crippen LogP contribution in [0.25, 0.3) is 11.5 Å². The first-order valence-corrected chi connectivity index (χ1v) is 11.3. The number of amides is 1. The Morgan fingerprint density at radius 1 is 1.26 bits per heavy atom. The van der Waals surface area contributed by atoms with Gasteiger partial charge in [-0.1, -0.05) is 12.1 Å². The second-order valence-corrected chi connectivity index (χ2v) is 7.87. The largest absolute Gasteiger partial charge is 0.469 e. The normalized spacial score (nSPS) is 14.1. The number of carbonyl (C=O) groups excluding carboxylic acids is 1. The first-order chi connectivity index (χ1) is 16.6. The molecule has 1 saturated heterocycles. The molecule has 1 aliphatic rings. The van der Waals surface area contributed by atoms with Crippen LogP contribution in [0.1, 0.15) is 42.9 Å². The fraction of sp³-hybridized carbons (Fsp3) is 0.435. The van der Waals surface area contributed by atoms with Gasteiger partial charge < -0.3 is 14.4 Å². The van der Waals surface area contributed by atoms with Crippen molar-refractivity contribution in [2.75, 3.05) is 19.7 Å². The van der Waals surface area contributed by atoms with E-state index in [-0.39, 0.29) is 18.7 Å². The third-order valence-corrected chi connectivity index (χ3v) is 5.65. The molecule has 3 aromatic heterocycles. The number of allylic oxidation sites excluding steroid dienone is 1. The number of rotatable bonds is 8. The number of hydrogen-bond donors (Lipinski definition) is 0. The molecular formula is C23H28N8O3. The Hall–Kier alpha value is -3.89. The lowest BCUT2D eigenvalue weighted by Gasteiger charge is -2.31. The molecule has 0 N–H and O–H groups in total. The lowest BCUT2D eigenvalue weighted by molar-refractivity contribution is 0.0906. The Labute approximate surface area is 197 Å². The number of tetrazole rings is 1. The SMILES string of the molecule is C=CCc1c(C)nc(-c2ccccn2)nc1OCc1nnnn1C1CCN(C(=O)OCC)CC1. The molecule has 0 aliphatic carbocycles. The van der Waals surface area contributed by atoms with Crippen LogP contribution in [0.4, 0.5) is 4.79 Å². The highest BCUT2D eigenvalue weighted by Gasteiger charge is 2.27. The van der Waals surface area contributed by atoms with Crippen molar-refractivity contribution in [1.82, 2.24) is 40.1 Å². The minimum absolute atomic E-state index is 0.0723. The van der Waals surface area contributed by atoms with Crippen molar-refractivity contribution >= 4 is 6.09 Å². The quantitative estimate of drug-likeness (QED) is 0.463. The van der Waals surface area contributed by atoms with E-state index in [9.17, 15) is 4.79 Å². The molecule has 11 heteroatoms. The van der Waals surface area contributed by atoms with Gasteiger partial charge in [-0.05, 0) is 55.7 Å². The van der Waals surface area contributed by atoms with E-state index in [1.54, 1.807) is 28.8 Å². The standard InChI is InChI=1S/C23H28N8O3/c1-4-8-18-16(3)25-21(19-9-6-7-12-24-19)26-22(18)34-15-20-27-28-29-31(20)17-10-13-30(14-11-17)23(32)33-5-2/h4,6-7,9,12,17H,1,5,8,10-11,13-15H2,2-3H3. The number of aryl methyl sites for hydroxylation is 1. The Kier molecular flexibility index (Phi) is 7.41. The number of carbonyl (C=O) groups is 1. The number of ether oxygens (including phenoxy) is 2. The molecule has 11 nitrogen and oxygen atoms in total. The average molecular weight is 465 g/mol. The number of pyridine rings is 1. The van der Waals surface area contributed by atoms with Gasteiger partial charge in [0.1, 0.15) is 5.69 Å². The maximum absolute atomic E-state index is 12.0. The van der Waals surface area contributed by atoms with E-state index < -0.39 is 0 Å². The Balaban J connectivity index is 1.49. The van der Waals surface area contributed by atoms with Crippen molar-refractivity contribution in [2.24, 2.45) is 0 Å². The van der Waals surface area contributed by atoms with E-state index in [2.05, 4.69) is 37.1 Å². The smallest absolute Gasteiger partial charge is 0.409 e. The van der Waals surface area contributed by atoms with Gasteiger partial charge in [-0.2, -0.15) is 4.98 Å². The van der Waals surface area contributed by atoms with Gasteiger partial charge in [0.05, 0.1) is 12.6 Å². The zero-order chi connectivity index (χ0) is 23.9. The van der Waals surface area contributed by atoms with Crippen molar-refractivity contribution in [1.29, 1.82) is 0 Å². The molecule has 0 saturated carbocycles. The van der Waals surface area contributed by atoms with Gasteiger partial charge in [0.2, 0.25) is 5.88 Å². The van der Waals surface area contributed by atoms with Gasteiger partial charge in [-0.25, -0.2) is 14.5 Å². The van der Waals surface area contributed by atoms with Crippen molar-refractivity contribution in [3.05, 3.63) is 54.1 Å². The molecule has 0 aromatic carbocycles. The predicted octanol–water partition coefficient (Wildman–Crippen LogP) is 2.93. The average Bonchev–Trinajstić information content (AvgIpc) is 3.34. The number of hydrogen-bond acceptors (Lipinski definition) is 9. The van der Waals surface area contributed by atoms with E-state index in [1.807, 2.05) is 25.1 Å². The zero-order valence-corrected chi connectivity index (χ0v) is 19.4. The second-order valence-electron chi connectivity index (χ2n) is 7.87. The molecule has 0 spiro atoms. The summed E-state index contributed by atoms with van der Waals surface area (Å²) in [6, 6.07) is 5.66. The molecule has 178 valence electrons. The highest BCUT2D eigenvalue weighted by molar-refractivity contribution is 5.67. The molecule has 1 fully saturated rings. The lowest BCUT2D eigenvalue weighted by Crippen LogP contribution is -2.39. The highest BCUT2D eigenvalue weighted by Crippen LogP contribution is 2.26. The molecule has 3 aromatic rings. The molecule has 0 radical (unpaired) electrons. The summed E-state index contributed by atoms with van der Waals surface area (Å²) < 4.78 is 13.0. The molecule has 1 aliphatic heterocycles. The summed E-state index contributed by atoms with van der Waals surface area (Å²) >= 11 is 0. The fourth-order valence-corrected chi connectivity index (χ4v) is 3.91. The van der Waals surface area contributed by atoms with E-state index in [0.717, 1.165) is 24.1 Å². The van der Waals surface area contributed by atoms with Crippen molar-refractivity contribution in [3.8, 4) is 17.4 Å². The molecule has 4 heterocycles. The van der Waals surface area contributed by atoms with Crippen molar-refractivity contribution in [2.45, 2.75) is 45.8 Å². The highest BCUT2D eigenvalue weighted by atomic mass is 16.6. The first-order valence-electron chi connectivity index (χ1n) is 11.3. The molecular weight excluding hydrogens is 436 g/mol. The van der Waals surface area contributed by atoms with Gasteiger partial charge in [-0.15, -0.1) is 11.7 Å². The predicted molar refractivity (Wildman–Crippen MR) is 123 cm³/mol. The summed E-state index contributed by atoms with van der Waals surface area (Å²) in [5.41, 5.74) is 2.33. The number of nitrogens with zero attached hydrogens (tertiary/aromatic N) is 8. The molecule has 34 heavy (non-hydrogen) atoms. The van der Waals surface area contributed by atoms with Crippen LogP contribution in [0.2, 0.25) is 0 Å². The Morgan fingerprint density at radius 3 is 2.79 bits per heavy atom. The second kappa shape index (κ2) is 10.8. The lowest BCUT2D eigenvalue weighted by atomic mass is 10.1. The Morgan fingerprint density at radius 2 is 2.09 bits per heavy atom. The van der Waals surface area contributed by atoms with E-state index in [1.165, 1.54) is 0 Å². The minimum atomic E-state index is -0.279. The van der Waals surface area contributed by atoms with Crippen LogP contribution in [0.5, 0.6) is 5.88 Å². The van der Waals surface area contributed by atoms with Crippen molar-refractivity contribution < 1.29 is 14.3 Å². The van der Waals surface area contributed by atoms with Crippen LogP contribution in [0.15, 0.2) is 37.1 Å². The maximum atomic E-state index is 12.0. The summed E-state index contributed by atoms with van der Waals surface area (Å²) in [5.74, 6) is 1.54. The number of likely N-dealkylation sites (tertiary alicyclic amines) is 1. The van der Waals surface area contributed by atoms with Crippen LogP contribution in [-0.4, -0.2) is 65.8 Å². The van der Waals surface area contributed by atoms with E-state index in [4.69, 9.17) is 9.47 Å². The third-order valence-electron chi connectivity index (χ3n) is 5.65. The fourth-order valence-electron chi connectivity index (χ4n) is 3.91. The summed E-state index contributed by atoms with van der Waals surface area (Å²) in [6.45, 7) is 9.25. The minimum Gasteiger partial charge on any atom is -0.469 e. The third kappa shape index (κ3) is 5.19. The summed E-state index contributed by atoms with van der Waals surface area (Å²) in [5, 5.41) is 12.2. The van der Waals surface area contributed by atoms with Crippen LogP contribution in [-0.2, 0) is 17.8 Å². The summed E-state index contributed by atoms with van der Waals surface area (Å²) in [7, 11) is 0. The van der Waals surface area contributed by atoms with Gasteiger partial charge in [-0.3, -0.25) is 4.98 Å². The summed E-state index contributed by atoms with van der Waals surface area (Å²) in [4.78, 5) is 27.3. The first kappa shape index (κ1) is 23.3. The number of aromatic nitrogens is 7. The molecule has 0 unspecified atom stereocenters. The van der Waals surface area contributed by atoms with Crippen LogP contribution in [0, 0.1) is 6.92 Å². The number of piperidine rings is 1.